The number of hydrogen-bond acceptors (Lipinski definition) is 3. The second-order valence-corrected chi connectivity index (χ2v) is 4.35. The van der Waals surface area contributed by atoms with E-state index in [0.717, 1.165) is 13.8 Å². The normalized spacial score (nSPS) is 15.0. The van der Waals surface area contributed by atoms with Gasteiger partial charge in [-0.05, 0) is 20.8 Å². The molecule has 0 aliphatic rings. The Morgan fingerprint density at radius 1 is 1.47 bits per heavy atom. The molecule has 0 aliphatic carbocycles. The summed E-state index contributed by atoms with van der Waals surface area (Å²) in [6.07, 6.45) is -2.93. The molecule has 0 bridgehead atoms. The van der Waals surface area contributed by atoms with Gasteiger partial charge in [-0.15, -0.1) is 0 Å². The number of alkyl halides is 3. The molecule has 1 aromatic heterocycles. The highest BCUT2D eigenvalue weighted by Gasteiger charge is 2.48. The minimum atomic E-state index is -4.42. The second kappa shape index (κ2) is 4.66. The molecular weight excluding hydrogens is 235 g/mol. The number of nitrogens with two attached hydrogens (primary N) is 1. The Morgan fingerprint density at radius 3 is 2.47 bits per heavy atom. The first-order valence-corrected chi connectivity index (χ1v) is 5.11. The fourth-order valence-corrected chi connectivity index (χ4v) is 1.10. The van der Waals surface area contributed by atoms with Crippen LogP contribution in [0.4, 0.5) is 13.2 Å². The van der Waals surface area contributed by atoms with Gasteiger partial charge < -0.3 is 15.5 Å². The van der Waals surface area contributed by atoms with Crippen LogP contribution in [0.3, 0.4) is 0 Å². The van der Waals surface area contributed by atoms with Gasteiger partial charge in [-0.3, -0.25) is 0 Å². The van der Waals surface area contributed by atoms with Gasteiger partial charge in [0.15, 0.2) is 5.60 Å². The lowest BCUT2D eigenvalue weighted by molar-refractivity contribution is -0.264. The summed E-state index contributed by atoms with van der Waals surface area (Å²) in [5.74, 6) is 0.658. The van der Waals surface area contributed by atoms with Gasteiger partial charge in [0, 0.05) is 6.20 Å². The molecule has 0 aliphatic heterocycles. The number of hydrogen-bond donors (Lipinski definition) is 2. The SMILES string of the molecule is Cc1ncc(C(N)COC(C)(C)C(F)(F)F)[nH]1. The molecule has 0 saturated heterocycles. The fraction of sp³-hybridized carbons (Fsp3) is 0.700. The summed E-state index contributed by atoms with van der Waals surface area (Å²) in [5, 5.41) is 0. The van der Waals surface area contributed by atoms with Crippen molar-refractivity contribution in [2.75, 3.05) is 6.61 Å². The van der Waals surface area contributed by atoms with E-state index in [2.05, 4.69) is 9.97 Å². The van der Waals surface area contributed by atoms with Gasteiger partial charge in [0.2, 0.25) is 0 Å². The van der Waals surface area contributed by atoms with Crippen molar-refractivity contribution in [3.05, 3.63) is 17.7 Å². The van der Waals surface area contributed by atoms with Gasteiger partial charge in [-0.1, -0.05) is 0 Å². The summed E-state index contributed by atoms with van der Waals surface area (Å²) in [6, 6.07) is -0.655. The van der Waals surface area contributed by atoms with Gasteiger partial charge in [0.1, 0.15) is 5.82 Å². The maximum atomic E-state index is 12.5. The number of H-pyrrole nitrogens is 1. The zero-order chi connectivity index (χ0) is 13.3. The van der Waals surface area contributed by atoms with Crippen LogP contribution in [0.15, 0.2) is 6.20 Å². The van der Waals surface area contributed by atoms with E-state index < -0.39 is 17.8 Å². The summed E-state index contributed by atoms with van der Waals surface area (Å²) >= 11 is 0. The van der Waals surface area contributed by atoms with E-state index in [0.29, 0.717) is 11.5 Å². The van der Waals surface area contributed by atoms with Crippen molar-refractivity contribution in [3.8, 4) is 0 Å². The van der Waals surface area contributed by atoms with Crippen LogP contribution in [0.2, 0.25) is 0 Å². The topological polar surface area (TPSA) is 63.9 Å². The summed E-state index contributed by atoms with van der Waals surface area (Å²) in [5.41, 5.74) is 4.04. The molecule has 7 heteroatoms. The average molecular weight is 251 g/mol. The Morgan fingerprint density at radius 2 is 2.06 bits per heavy atom. The van der Waals surface area contributed by atoms with Crippen LogP contribution >= 0.6 is 0 Å². The Hall–Kier alpha value is -1.08. The predicted octanol–water partition coefficient (Wildman–Crippen LogP) is 2.08. The number of nitrogens with one attached hydrogen (secondary N) is 1. The lowest BCUT2D eigenvalue weighted by Gasteiger charge is -2.29. The molecule has 1 rings (SSSR count). The van der Waals surface area contributed by atoms with Crippen LogP contribution < -0.4 is 5.73 Å². The minimum Gasteiger partial charge on any atom is -0.364 e. The summed E-state index contributed by atoms with van der Waals surface area (Å²) in [4.78, 5) is 6.77. The van der Waals surface area contributed by atoms with Crippen molar-refractivity contribution in [1.29, 1.82) is 0 Å². The van der Waals surface area contributed by atoms with Crippen LogP contribution in [0, 0.1) is 6.92 Å². The third-order valence-corrected chi connectivity index (χ3v) is 2.43. The van der Waals surface area contributed by atoms with Crippen molar-refractivity contribution < 1.29 is 17.9 Å². The van der Waals surface area contributed by atoms with Gasteiger partial charge in [0.05, 0.1) is 18.3 Å². The van der Waals surface area contributed by atoms with E-state index in [1.54, 1.807) is 6.92 Å². The number of aryl methyl sites for hydroxylation is 1. The third-order valence-electron chi connectivity index (χ3n) is 2.43. The highest BCUT2D eigenvalue weighted by Crippen LogP contribution is 2.33. The van der Waals surface area contributed by atoms with E-state index in [1.807, 2.05) is 0 Å². The maximum Gasteiger partial charge on any atom is 0.416 e. The Balaban J connectivity index is 2.57. The van der Waals surface area contributed by atoms with E-state index in [-0.39, 0.29) is 6.61 Å². The predicted molar refractivity (Wildman–Crippen MR) is 56.3 cm³/mol. The van der Waals surface area contributed by atoms with Crippen molar-refractivity contribution in [3.63, 3.8) is 0 Å². The highest BCUT2D eigenvalue weighted by molar-refractivity contribution is 5.05. The first-order valence-electron chi connectivity index (χ1n) is 5.11. The number of halogens is 3. The Kier molecular flexibility index (Phi) is 3.83. The largest absolute Gasteiger partial charge is 0.416 e. The van der Waals surface area contributed by atoms with Crippen LogP contribution in [0.1, 0.15) is 31.4 Å². The van der Waals surface area contributed by atoms with E-state index in [1.165, 1.54) is 6.20 Å². The number of nitrogens with zero attached hydrogens (tertiary/aromatic N) is 1. The van der Waals surface area contributed by atoms with E-state index in [4.69, 9.17) is 10.5 Å². The number of ether oxygens (including phenoxy) is 1. The molecule has 4 nitrogen and oxygen atoms in total. The number of rotatable bonds is 4. The van der Waals surface area contributed by atoms with Crippen molar-refractivity contribution in [2.24, 2.45) is 5.73 Å². The number of imidazole rings is 1. The van der Waals surface area contributed by atoms with Crippen LogP contribution in [0.5, 0.6) is 0 Å². The van der Waals surface area contributed by atoms with E-state index >= 15 is 0 Å². The van der Waals surface area contributed by atoms with Crippen LogP contribution in [0.25, 0.3) is 0 Å². The van der Waals surface area contributed by atoms with Gasteiger partial charge >= 0.3 is 6.18 Å². The quantitative estimate of drug-likeness (QED) is 0.861. The molecule has 1 atom stereocenters. The van der Waals surface area contributed by atoms with Gasteiger partial charge in [-0.25, -0.2) is 4.98 Å². The molecule has 17 heavy (non-hydrogen) atoms. The molecule has 3 N–H and O–H groups in total. The molecule has 0 aromatic carbocycles. The molecule has 0 saturated carbocycles. The lowest BCUT2D eigenvalue weighted by atomic mass is 10.1. The molecule has 1 aromatic rings. The summed E-state index contributed by atoms with van der Waals surface area (Å²) < 4.78 is 42.3. The third kappa shape index (κ3) is 3.44. The molecule has 0 fully saturated rings. The first kappa shape index (κ1) is 14.0. The summed E-state index contributed by atoms with van der Waals surface area (Å²) in [6.45, 7) is 3.45. The molecular formula is C10H16F3N3O. The van der Waals surface area contributed by atoms with E-state index in [9.17, 15) is 13.2 Å². The van der Waals surface area contributed by atoms with Crippen LogP contribution in [-0.2, 0) is 4.74 Å². The Bertz CT molecular complexity index is 373. The van der Waals surface area contributed by atoms with Crippen molar-refractivity contribution in [2.45, 2.75) is 38.6 Å². The second-order valence-electron chi connectivity index (χ2n) is 4.35. The highest BCUT2D eigenvalue weighted by atomic mass is 19.4. The maximum absolute atomic E-state index is 12.5. The number of aromatic amines is 1. The Labute approximate surface area is 97.4 Å². The molecule has 1 unspecified atom stereocenters. The minimum absolute atomic E-state index is 0.228. The molecule has 0 radical (unpaired) electrons. The van der Waals surface area contributed by atoms with Gasteiger partial charge in [0.25, 0.3) is 0 Å². The summed E-state index contributed by atoms with van der Waals surface area (Å²) in [7, 11) is 0. The molecule has 0 spiro atoms. The molecule has 0 amide bonds. The first-order chi connectivity index (χ1) is 7.63. The van der Waals surface area contributed by atoms with Crippen molar-refractivity contribution in [1.82, 2.24) is 9.97 Å². The fourth-order valence-electron chi connectivity index (χ4n) is 1.10. The number of aromatic nitrogens is 2. The van der Waals surface area contributed by atoms with Crippen molar-refractivity contribution >= 4 is 0 Å². The van der Waals surface area contributed by atoms with Crippen LogP contribution in [-0.4, -0.2) is 28.4 Å². The molecule has 98 valence electrons. The molecule has 1 heterocycles. The zero-order valence-corrected chi connectivity index (χ0v) is 9.93. The monoisotopic (exact) mass is 251 g/mol. The zero-order valence-electron chi connectivity index (χ0n) is 9.93. The average Bonchev–Trinajstić information content (AvgIpc) is 2.59. The lowest BCUT2D eigenvalue weighted by Crippen LogP contribution is -2.43. The van der Waals surface area contributed by atoms with Gasteiger partial charge in [-0.2, -0.15) is 13.2 Å². The smallest absolute Gasteiger partial charge is 0.364 e. The standard InChI is InChI=1S/C10H16F3N3O/c1-6-15-4-8(16-6)7(14)5-17-9(2,3)10(11,12)13/h4,7H,5,14H2,1-3H3,(H,15,16).